The molecule has 2 heterocycles. The number of amides is 2. The van der Waals surface area contributed by atoms with Gasteiger partial charge in [-0.25, -0.2) is 0 Å². The topological polar surface area (TPSA) is 71.3 Å². The highest BCUT2D eigenvalue weighted by atomic mass is 32.1. The maximum atomic E-state index is 12.3. The highest BCUT2D eigenvalue weighted by Gasteiger charge is 2.23. The lowest BCUT2D eigenvalue weighted by molar-refractivity contribution is -0.120. The first-order valence-corrected chi connectivity index (χ1v) is 8.68. The molecule has 2 amide bonds. The van der Waals surface area contributed by atoms with E-state index in [0.717, 1.165) is 24.8 Å². The minimum atomic E-state index is -0.229. The second kappa shape index (κ2) is 7.00. The summed E-state index contributed by atoms with van der Waals surface area (Å²) >= 11 is 1.65. The van der Waals surface area contributed by atoms with Crippen molar-refractivity contribution in [2.24, 2.45) is 5.92 Å². The van der Waals surface area contributed by atoms with E-state index in [4.69, 9.17) is 4.42 Å². The number of hydrogen-bond donors (Lipinski definition) is 2. The first-order valence-electron chi connectivity index (χ1n) is 7.80. The molecular weight excluding hydrogens is 312 g/mol. The van der Waals surface area contributed by atoms with Crippen molar-refractivity contribution in [3.05, 3.63) is 45.5 Å². The van der Waals surface area contributed by atoms with Gasteiger partial charge in [-0.2, -0.15) is 0 Å². The van der Waals surface area contributed by atoms with E-state index in [1.807, 2.05) is 5.38 Å². The minimum absolute atomic E-state index is 0.0272. The van der Waals surface area contributed by atoms with Crippen molar-refractivity contribution in [2.75, 3.05) is 6.54 Å². The Morgan fingerprint density at radius 3 is 3.04 bits per heavy atom. The molecule has 0 spiro atoms. The smallest absolute Gasteiger partial charge is 0.252 e. The van der Waals surface area contributed by atoms with Crippen LogP contribution in [0.15, 0.2) is 28.2 Å². The van der Waals surface area contributed by atoms with Gasteiger partial charge in [0.05, 0.1) is 24.9 Å². The molecule has 2 aromatic rings. The molecular formula is C17H20N2O3S. The Hall–Kier alpha value is -2.08. The molecule has 0 aliphatic heterocycles. The van der Waals surface area contributed by atoms with Crippen molar-refractivity contribution in [3.8, 4) is 0 Å². The summed E-state index contributed by atoms with van der Waals surface area (Å²) in [5.74, 6) is 0.979. The molecule has 0 bridgehead atoms. The van der Waals surface area contributed by atoms with Crippen LogP contribution in [0.4, 0.5) is 0 Å². The third kappa shape index (κ3) is 3.82. The number of thiophene rings is 1. The summed E-state index contributed by atoms with van der Waals surface area (Å²) in [5.41, 5.74) is 1.90. The Morgan fingerprint density at radius 2 is 2.26 bits per heavy atom. The lowest BCUT2D eigenvalue weighted by Gasteiger charge is -2.18. The SMILES string of the molecule is CC1CCc2c(C(=O)NCC(=O)NCc3ccco3)csc2C1. The molecule has 3 rings (SSSR count). The molecule has 1 aliphatic carbocycles. The molecule has 0 aromatic carbocycles. The van der Waals surface area contributed by atoms with Crippen molar-refractivity contribution >= 4 is 23.2 Å². The van der Waals surface area contributed by atoms with Gasteiger partial charge in [0.15, 0.2) is 0 Å². The Kier molecular flexibility index (Phi) is 4.81. The summed E-state index contributed by atoms with van der Waals surface area (Å²) < 4.78 is 5.14. The summed E-state index contributed by atoms with van der Waals surface area (Å²) in [6.07, 6.45) is 4.68. The molecule has 0 saturated carbocycles. The van der Waals surface area contributed by atoms with Crippen LogP contribution in [0.1, 0.15) is 39.9 Å². The van der Waals surface area contributed by atoms with Gasteiger partial charge >= 0.3 is 0 Å². The quantitative estimate of drug-likeness (QED) is 0.884. The highest BCUT2D eigenvalue weighted by Crippen LogP contribution is 2.32. The van der Waals surface area contributed by atoms with E-state index >= 15 is 0 Å². The average molecular weight is 332 g/mol. The van der Waals surface area contributed by atoms with Crippen LogP contribution in [-0.2, 0) is 24.2 Å². The second-order valence-electron chi connectivity index (χ2n) is 5.94. The van der Waals surface area contributed by atoms with Crippen LogP contribution in [0, 0.1) is 5.92 Å². The van der Waals surface area contributed by atoms with Crippen LogP contribution < -0.4 is 10.6 Å². The summed E-state index contributed by atoms with van der Waals surface area (Å²) in [6.45, 7) is 2.54. The zero-order valence-electron chi connectivity index (χ0n) is 13.1. The van der Waals surface area contributed by atoms with Crippen molar-refractivity contribution in [1.29, 1.82) is 0 Å². The molecule has 5 nitrogen and oxygen atoms in total. The Labute approximate surface area is 139 Å². The van der Waals surface area contributed by atoms with Gasteiger partial charge in [0.1, 0.15) is 5.76 Å². The molecule has 122 valence electrons. The maximum absolute atomic E-state index is 12.3. The summed E-state index contributed by atoms with van der Waals surface area (Å²) in [4.78, 5) is 25.4. The monoisotopic (exact) mass is 332 g/mol. The summed E-state index contributed by atoms with van der Waals surface area (Å²) in [7, 11) is 0. The van der Waals surface area contributed by atoms with Crippen LogP contribution in [0.5, 0.6) is 0 Å². The van der Waals surface area contributed by atoms with E-state index in [1.165, 1.54) is 10.4 Å². The number of nitrogens with one attached hydrogen (secondary N) is 2. The molecule has 6 heteroatoms. The van der Waals surface area contributed by atoms with Gasteiger partial charge in [0, 0.05) is 10.3 Å². The summed E-state index contributed by atoms with van der Waals surface area (Å²) in [6, 6.07) is 3.56. The summed E-state index contributed by atoms with van der Waals surface area (Å²) in [5, 5.41) is 7.33. The Morgan fingerprint density at radius 1 is 1.39 bits per heavy atom. The average Bonchev–Trinajstić information content (AvgIpc) is 3.19. The van der Waals surface area contributed by atoms with E-state index in [1.54, 1.807) is 29.7 Å². The maximum Gasteiger partial charge on any atom is 0.252 e. The number of fused-ring (bicyclic) bond motifs is 1. The zero-order chi connectivity index (χ0) is 16.2. The lowest BCUT2D eigenvalue weighted by atomic mass is 9.88. The van der Waals surface area contributed by atoms with E-state index in [9.17, 15) is 9.59 Å². The largest absolute Gasteiger partial charge is 0.467 e. The lowest BCUT2D eigenvalue weighted by Crippen LogP contribution is -2.36. The van der Waals surface area contributed by atoms with Crippen LogP contribution >= 0.6 is 11.3 Å². The van der Waals surface area contributed by atoms with Crippen LogP contribution in [0.25, 0.3) is 0 Å². The van der Waals surface area contributed by atoms with Gasteiger partial charge in [0.2, 0.25) is 5.91 Å². The highest BCUT2D eigenvalue weighted by molar-refractivity contribution is 7.10. The number of carbonyl (C=O) groups excluding carboxylic acids is 2. The van der Waals surface area contributed by atoms with Gasteiger partial charge in [-0.05, 0) is 42.9 Å². The standard InChI is InChI=1S/C17H20N2O3S/c1-11-4-5-13-14(10-23-15(13)7-11)17(21)19-9-16(20)18-8-12-3-2-6-22-12/h2-3,6,10-11H,4-5,7-9H2,1H3,(H,18,20)(H,19,21). The zero-order valence-corrected chi connectivity index (χ0v) is 13.9. The predicted molar refractivity (Wildman–Crippen MR) is 88.4 cm³/mol. The van der Waals surface area contributed by atoms with Gasteiger partial charge in [-0.15, -0.1) is 11.3 Å². The number of furan rings is 1. The van der Waals surface area contributed by atoms with Crippen LogP contribution in [-0.4, -0.2) is 18.4 Å². The van der Waals surface area contributed by atoms with Gasteiger partial charge in [-0.1, -0.05) is 6.92 Å². The predicted octanol–water partition coefficient (Wildman–Crippen LogP) is 2.51. The fourth-order valence-electron chi connectivity index (χ4n) is 2.78. The van der Waals surface area contributed by atoms with Crippen LogP contribution in [0.2, 0.25) is 0 Å². The molecule has 0 fully saturated rings. The first-order chi connectivity index (χ1) is 11.1. The van der Waals surface area contributed by atoms with Crippen molar-refractivity contribution in [3.63, 3.8) is 0 Å². The molecule has 1 aliphatic rings. The van der Waals surface area contributed by atoms with Crippen molar-refractivity contribution in [2.45, 2.75) is 32.7 Å². The number of carbonyl (C=O) groups is 2. The van der Waals surface area contributed by atoms with Crippen LogP contribution in [0.3, 0.4) is 0 Å². The molecule has 1 unspecified atom stereocenters. The molecule has 2 aromatic heterocycles. The minimum Gasteiger partial charge on any atom is -0.467 e. The number of rotatable bonds is 5. The second-order valence-corrected chi connectivity index (χ2v) is 6.90. The molecule has 23 heavy (non-hydrogen) atoms. The third-order valence-corrected chi connectivity index (χ3v) is 5.15. The van der Waals surface area contributed by atoms with Gasteiger partial charge in [-0.3, -0.25) is 9.59 Å². The van der Waals surface area contributed by atoms with Gasteiger partial charge in [0.25, 0.3) is 5.91 Å². The third-order valence-electron chi connectivity index (χ3n) is 4.10. The Balaban J connectivity index is 1.50. The van der Waals surface area contributed by atoms with E-state index < -0.39 is 0 Å². The number of hydrogen-bond acceptors (Lipinski definition) is 4. The Bertz CT molecular complexity index is 691. The first kappa shape index (κ1) is 15.8. The molecule has 2 N–H and O–H groups in total. The fraction of sp³-hybridized carbons (Fsp3) is 0.412. The van der Waals surface area contributed by atoms with Crippen molar-refractivity contribution in [1.82, 2.24) is 10.6 Å². The van der Waals surface area contributed by atoms with E-state index in [2.05, 4.69) is 17.6 Å². The molecule has 0 radical (unpaired) electrons. The van der Waals surface area contributed by atoms with E-state index in [-0.39, 0.29) is 18.4 Å². The van der Waals surface area contributed by atoms with Gasteiger partial charge < -0.3 is 15.1 Å². The normalized spacial score (nSPS) is 16.7. The fourth-order valence-corrected chi connectivity index (χ4v) is 4.03. The molecule has 1 atom stereocenters. The van der Waals surface area contributed by atoms with E-state index in [0.29, 0.717) is 18.2 Å². The molecule has 0 saturated heterocycles. The van der Waals surface area contributed by atoms with Crippen molar-refractivity contribution < 1.29 is 14.0 Å².